The third kappa shape index (κ3) is 2.68. The first-order valence-electron chi connectivity index (χ1n) is 7.43. The minimum Gasteiger partial charge on any atom is -0.493 e. The average molecular weight is 352 g/mol. The Balaban J connectivity index is 1.51. The van der Waals surface area contributed by atoms with E-state index in [1.165, 1.54) is 0 Å². The van der Waals surface area contributed by atoms with Crippen molar-refractivity contribution in [3.05, 3.63) is 30.0 Å². The lowest BCUT2D eigenvalue weighted by atomic mass is 10.2. The molecule has 23 heavy (non-hydrogen) atoms. The highest BCUT2D eigenvalue weighted by molar-refractivity contribution is 7.89. The maximum atomic E-state index is 12.8. The Morgan fingerprint density at radius 1 is 1.17 bits per heavy atom. The van der Waals surface area contributed by atoms with Gasteiger partial charge in [-0.2, -0.15) is 13.1 Å². The van der Waals surface area contributed by atoms with Crippen molar-refractivity contribution in [2.24, 2.45) is 0 Å². The summed E-state index contributed by atoms with van der Waals surface area (Å²) in [7, 11) is -3.46. The normalized spacial score (nSPS) is 18.7. The molecule has 122 valence electrons. The second-order valence-electron chi connectivity index (χ2n) is 5.52. The van der Waals surface area contributed by atoms with E-state index >= 15 is 0 Å². The number of rotatable bonds is 3. The molecule has 3 heterocycles. The van der Waals surface area contributed by atoms with E-state index in [9.17, 15) is 8.42 Å². The van der Waals surface area contributed by atoms with Gasteiger partial charge >= 0.3 is 0 Å². The van der Waals surface area contributed by atoms with Crippen LogP contribution in [0.5, 0.6) is 5.75 Å². The van der Waals surface area contributed by atoms with E-state index < -0.39 is 10.0 Å². The van der Waals surface area contributed by atoms with Gasteiger partial charge in [-0.15, -0.1) is 0 Å². The predicted octanol–water partition coefficient (Wildman–Crippen LogP) is 0.984. The van der Waals surface area contributed by atoms with Crippen LogP contribution in [0.4, 0.5) is 5.82 Å². The standard InChI is InChI=1S/C14H16N4O3S2/c19-23(20,12-1-2-13-11(9-12)3-8-21-13)18-6-4-17(5-7-18)14-10-15-22-16-14/h1-2,9-10H,3-8H2. The molecule has 0 unspecified atom stereocenters. The largest absolute Gasteiger partial charge is 0.493 e. The van der Waals surface area contributed by atoms with Crippen LogP contribution < -0.4 is 9.64 Å². The van der Waals surface area contributed by atoms with Crippen LogP contribution >= 0.6 is 11.7 Å². The van der Waals surface area contributed by atoms with Crippen molar-refractivity contribution >= 4 is 27.6 Å². The Labute approximate surface area is 138 Å². The summed E-state index contributed by atoms with van der Waals surface area (Å²) < 4.78 is 40.8. The van der Waals surface area contributed by atoms with Gasteiger partial charge in [-0.3, -0.25) is 0 Å². The third-order valence-electron chi connectivity index (χ3n) is 4.21. The Hall–Kier alpha value is -1.71. The van der Waals surface area contributed by atoms with E-state index in [0.29, 0.717) is 37.7 Å². The molecule has 1 aromatic carbocycles. The summed E-state index contributed by atoms with van der Waals surface area (Å²) in [5.74, 6) is 1.62. The molecule has 0 saturated carbocycles. The third-order valence-corrected chi connectivity index (χ3v) is 6.57. The fourth-order valence-corrected chi connectivity index (χ4v) is 4.84. The van der Waals surface area contributed by atoms with Crippen molar-refractivity contribution in [2.75, 3.05) is 37.7 Å². The smallest absolute Gasteiger partial charge is 0.243 e. The highest BCUT2D eigenvalue weighted by Crippen LogP contribution is 2.29. The number of fused-ring (bicyclic) bond motifs is 1. The van der Waals surface area contributed by atoms with Crippen LogP contribution in [-0.2, 0) is 16.4 Å². The highest BCUT2D eigenvalue weighted by Gasteiger charge is 2.30. The molecule has 0 amide bonds. The topological polar surface area (TPSA) is 75.6 Å². The minimum absolute atomic E-state index is 0.352. The molecule has 1 saturated heterocycles. The molecule has 1 aromatic heterocycles. The van der Waals surface area contributed by atoms with Gasteiger partial charge < -0.3 is 9.64 Å². The molecule has 0 bridgehead atoms. The van der Waals surface area contributed by atoms with Crippen molar-refractivity contribution in [2.45, 2.75) is 11.3 Å². The monoisotopic (exact) mass is 352 g/mol. The molecule has 0 spiro atoms. The Bertz CT molecular complexity index is 799. The number of nitrogens with zero attached hydrogens (tertiary/aromatic N) is 4. The van der Waals surface area contributed by atoms with Crippen LogP contribution in [0.25, 0.3) is 0 Å². The number of ether oxygens (including phenoxy) is 1. The summed E-state index contributed by atoms with van der Waals surface area (Å²) in [5, 5.41) is 0. The Morgan fingerprint density at radius 2 is 2.00 bits per heavy atom. The van der Waals surface area contributed by atoms with Crippen LogP contribution in [0, 0.1) is 0 Å². The van der Waals surface area contributed by atoms with Gasteiger partial charge in [-0.05, 0) is 23.8 Å². The molecule has 0 N–H and O–H groups in total. The summed E-state index contributed by atoms with van der Waals surface area (Å²) in [6.45, 7) is 2.78. The van der Waals surface area contributed by atoms with Gasteiger partial charge in [-0.25, -0.2) is 8.42 Å². The maximum Gasteiger partial charge on any atom is 0.243 e. The van der Waals surface area contributed by atoms with Gasteiger partial charge in [0.05, 0.1) is 29.4 Å². The van der Waals surface area contributed by atoms with E-state index in [0.717, 1.165) is 35.3 Å². The van der Waals surface area contributed by atoms with Crippen molar-refractivity contribution < 1.29 is 13.2 Å². The lowest BCUT2D eigenvalue weighted by molar-refractivity contribution is 0.356. The van der Waals surface area contributed by atoms with Gasteiger partial charge in [0.2, 0.25) is 10.0 Å². The van der Waals surface area contributed by atoms with E-state index in [2.05, 4.69) is 13.6 Å². The molecule has 9 heteroatoms. The zero-order chi connectivity index (χ0) is 15.9. The number of benzene rings is 1. The van der Waals surface area contributed by atoms with Crippen molar-refractivity contribution in [1.29, 1.82) is 0 Å². The van der Waals surface area contributed by atoms with Crippen LogP contribution in [0.15, 0.2) is 29.3 Å². The molecule has 0 atom stereocenters. The molecule has 2 aliphatic heterocycles. The number of hydrogen-bond donors (Lipinski definition) is 0. The van der Waals surface area contributed by atoms with Crippen molar-refractivity contribution in [3.8, 4) is 5.75 Å². The second kappa shape index (κ2) is 5.73. The van der Waals surface area contributed by atoms with E-state index in [4.69, 9.17) is 4.74 Å². The minimum atomic E-state index is -3.46. The Morgan fingerprint density at radius 3 is 2.74 bits per heavy atom. The number of piperazine rings is 1. The van der Waals surface area contributed by atoms with Crippen LogP contribution in [0.3, 0.4) is 0 Å². The fourth-order valence-electron chi connectivity index (χ4n) is 2.93. The zero-order valence-corrected chi connectivity index (χ0v) is 14.0. The first-order valence-corrected chi connectivity index (χ1v) is 9.60. The van der Waals surface area contributed by atoms with Crippen LogP contribution in [0.2, 0.25) is 0 Å². The molecular weight excluding hydrogens is 336 g/mol. The maximum absolute atomic E-state index is 12.8. The SMILES string of the molecule is O=S(=O)(c1ccc2c(c1)CCO2)N1CCN(c2cnsn2)CC1. The molecular formula is C14H16N4O3S2. The van der Waals surface area contributed by atoms with Gasteiger partial charge in [0.1, 0.15) is 5.75 Å². The van der Waals surface area contributed by atoms with E-state index in [1.807, 2.05) is 0 Å². The van der Waals surface area contributed by atoms with Crippen LogP contribution in [-0.4, -0.2) is 54.3 Å². The lowest BCUT2D eigenvalue weighted by Gasteiger charge is -2.33. The lowest BCUT2D eigenvalue weighted by Crippen LogP contribution is -2.48. The van der Waals surface area contributed by atoms with E-state index in [1.54, 1.807) is 28.7 Å². The number of hydrogen-bond acceptors (Lipinski definition) is 7. The summed E-state index contributed by atoms with van der Waals surface area (Å²) >= 11 is 1.16. The predicted molar refractivity (Wildman–Crippen MR) is 86.5 cm³/mol. The molecule has 7 nitrogen and oxygen atoms in total. The van der Waals surface area contributed by atoms with Gasteiger partial charge in [0.15, 0.2) is 5.82 Å². The summed E-state index contributed by atoms with van der Waals surface area (Å²) in [5.41, 5.74) is 0.971. The zero-order valence-electron chi connectivity index (χ0n) is 12.4. The Kier molecular flexibility index (Phi) is 3.70. The van der Waals surface area contributed by atoms with Crippen molar-refractivity contribution in [3.63, 3.8) is 0 Å². The molecule has 4 rings (SSSR count). The first kappa shape index (κ1) is 14.9. The summed E-state index contributed by atoms with van der Waals surface area (Å²) in [4.78, 5) is 2.41. The number of sulfonamides is 1. The first-order chi connectivity index (χ1) is 11.1. The average Bonchev–Trinajstić information content (AvgIpc) is 3.25. The van der Waals surface area contributed by atoms with E-state index in [-0.39, 0.29) is 0 Å². The van der Waals surface area contributed by atoms with Gasteiger partial charge in [0, 0.05) is 32.6 Å². The van der Waals surface area contributed by atoms with Crippen LogP contribution in [0.1, 0.15) is 5.56 Å². The fraction of sp³-hybridized carbons (Fsp3) is 0.429. The number of anilines is 1. The molecule has 0 aliphatic carbocycles. The molecule has 1 fully saturated rings. The second-order valence-corrected chi connectivity index (χ2v) is 8.02. The van der Waals surface area contributed by atoms with Crippen molar-refractivity contribution in [1.82, 2.24) is 13.1 Å². The van der Waals surface area contributed by atoms with Gasteiger partial charge in [0.25, 0.3) is 0 Å². The summed E-state index contributed by atoms with van der Waals surface area (Å²) in [6, 6.07) is 5.14. The summed E-state index contributed by atoms with van der Waals surface area (Å²) in [6.07, 6.45) is 2.48. The highest BCUT2D eigenvalue weighted by atomic mass is 32.2. The molecule has 2 aliphatic rings. The molecule has 0 radical (unpaired) electrons. The van der Waals surface area contributed by atoms with Gasteiger partial charge in [-0.1, -0.05) is 0 Å². The number of aromatic nitrogens is 2. The molecule has 2 aromatic rings. The quantitative estimate of drug-likeness (QED) is 0.820.